The van der Waals surface area contributed by atoms with Crippen LogP contribution in [0.15, 0.2) is 48.5 Å². The third-order valence-corrected chi connectivity index (χ3v) is 5.52. The van der Waals surface area contributed by atoms with E-state index in [4.69, 9.17) is 4.74 Å². The Morgan fingerprint density at radius 3 is 2.70 bits per heavy atom. The number of para-hydroxylation sites is 3. The lowest BCUT2D eigenvalue weighted by molar-refractivity contribution is -0.143. The van der Waals surface area contributed by atoms with Crippen LogP contribution in [0.2, 0.25) is 0 Å². The van der Waals surface area contributed by atoms with E-state index in [1.54, 1.807) is 0 Å². The van der Waals surface area contributed by atoms with Crippen molar-refractivity contribution in [2.75, 3.05) is 31.1 Å². The molecule has 5 nitrogen and oxygen atoms in total. The molecule has 142 valence electrons. The second-order valence-corrected chi connectivity index (χ2v) is 7.43. The number of likely N-dealkylation sites (tertiary alicyclic amines) is 1. The van der Waals surface area contributed by atoms with Gasteiger partial charge in [-0.05, 0) is 50.6 Å². The van der Waals surface area contributed by atoms with Gasteiger partial charge in [0.2, 0.25) is 0 Å². The first-order valence-corrected chi connectivity index (χ1v) is 9.75. The van der Waals surface area contributed by atoms with E-state index in [1.165, 1.54) is 5.56 Å². The number of carboxylic acids is 1. The molecular formula is C22H26N2O3. The molecular weight excluding hydrogens is 340 g/mol. The van der Waals surface area contributed by atoms with Crippen molar-refractivity contribution in [1.29, 1.82) is 0 Å². The summed E-state index contributed by atoms with van der Waals surface area (Å²) in [5.41, 5.74) is 2.31. The Hall–Kier alpha value is -2.53. The number of benzene rings is 2. The molecule has 0 bridgehead atoms. The standard InChI is InChI=1S/C22H26N2O3/c25-22(26)18-8-5-12-23(15-18)13-6-14-24-16-17-7-1-3-10-20(17)27-21-11-4-2-9-19(21)24/h1-4,7,9-11,18H,5-6,8,12-16H2,(H,25,26)/t18-/m1/s1. The number of carboxylic acid groups (broad SMARTS) is 1. The molecule has 0 spiro atoms. The van der Waals surface area contributed by atoms with Crippen molar-refractivity contribution >= 4 is 11.7 Å². The first kappa shape index (κ1) is 17.9. The number of hydrogen-bond donors (Lipinski definition) is 1. The van der Waals surface area contributed by atoms with Gasteiger partial charge in [-0.3, -0.25) is 4.79 Å². The second kappa shape index (κ2) is 8.01. The first-order chi connectivity index (χ1) is 13.2. The van der Waals surface area contributed by atoms with Crippen molar-refractivity contribution in [3.05, 3.63) is 54.1 Å². The molecule has 5 heteroatoms. The van der Waals surface area contributed by atoms with E-state index >= 15 is 0 Å². The number of piperidine rings is 1. The summed E-state index contributed by atoms with van der Waals surface area (Å²) >= 11 is 0. The SMILES string of the molecule is O=C(O)[C@@H]1CCCN(CCCN2Cc3ccccc3Oc3ccccc32)C1. The molecule has 0 unspecified atom stereocenters. The Labute approximate surface area is 160 Å². The van der Waals surface area contributed by atoms with Gasteiger partial charge in [-0.1, -0.05) is 30.3 Å². The number of rotatable bonds is 5. The fraction of sp³-hybridized carbons (Fsp3) is 0.409. The van der Waals surface area contributed by atoms with Gasteiger partial charge >= 0.3 is 5.97 Å². The number of carbonyl (C=O) groups is 1. The Morgan fingerprint density at radius 2 is 1.85 bits per heavy atom. The monoisotopic (exact) mass is 366 g/mol. The molecule has 27 heavy (non-hydrogen) atoms. The Balaban J connectivity index is 1.43. The maximum Gasteiger partial charge on any atom is 0.307 e. The molecule has 1 N–H and O–H groups in total. The lowest BCUT2D eigenvalue weighted by Crippen LogP contribution is -2.40. The van der Waals surface area contributed by atoms with E-state index in [2.05, 4.69) is 28.0 Å². The topological polar surface area (TPSA) is 53.0 Å². The van der Waals surface area contributed by atoms with Gasteiger partial charge in [-0.2, -0.15) is 0 Å². The predicted octanol–water partition coefficient (Wildman–Crippen LogP) is 3.99. The summed E-state index contributed by atoms with van der Waals surface area (Å²) in [7, 11) is 0. The van der Waals surface area contributed by atoms with Crippen LogP contribution in [-0.2, 0) is 11.3 Å². The van der Waals surface area contributed by atoms with Gasteiger partial charge in [0.1, 0.15) is 5.75 Å². The minimum Gasteiger partial charge on any atom is -0.481 e. The predicted molar refractivity (Wildman–Crippen MR) is 105 cm³/mol. The zero-order chi connectivity index (χ0) is 18.6. The number of nitrogens with zero attached hydrogens (tertiary/aromatic N) is 2. The Kier molecular flexibility index (Phi) is 5.30. The van der Waals surface area contributed by atoms with Crippen molar-refractivity contribution in [3.8, 4) is 11.5 Å². The summed E-state index contributed by atoms with van der Waals surface area (Å²) in [6, 6.07) is 16.4. The van der Waals surface area contributed by atoms with E-state index in [0.29, 0.717) is 6.54 Å². The van der Waals surface area contributed by atoms with Crippen LogP contribution < -0.4 is 9.64 Å². The average Bonchev–Trinajstić information content (AvgIpc) is 2.85. The highest BCUT2D eigenvalue weighted by molar-refractivity contribution is 5.70. The van der Waals surface area contributed by atoms with E-state index in [-0.39, 0.29) is 5.92 Å². The van der Waals surface area contributed by atoms with Crippen molar-refractivity contribution in [2.24, 2.45) is 5.92 Å². The van der Waals surface area contributed by atoms with Crippen molar-refractivity contribution in [2.45, 2.75) is 25.8 Å². The zero-order valence-electron chi connectivity index (χ0n) is 15.5. The fourth-order valence-corrected chi connectivity index (χ4v) is 4.09. The maximum atomic E-state index is 11.3. The highest BCUT2D eigenvalue weighted by atomic mass is 16.5. The minimum absolute atomic E-state index is 0.210. The summed E-state index contributed by atoms with van der Waals surface area (Å²) in [5.74, 6) is 0.951. The number of hydrogen-bond acceptors (Lipinski definition) is 4. The number of aliphatic carboxylic acids is 1. The van der Waals surface area contributed by atoms with Crippen LogP contribution in [-0.4, -0.2) is 42.2 Å². The van der Waals surface area contributed by atoms with Gasteiger partial charge in [0.25, 0.3) is 0 Å². The highest BCUT2D eigenvalue weighted by Gasteiger charge is 2.25. The number of fused-ring (bicyclic) bond motifs is 2. The quantitative estimate of drug-likeness (QED) is 0.867. The smallest absolute Gasteiger partial charge is 0.307 e. The molecule has 2 heterocycles. The first-order valence-electron chi connectivity index (χ1n) is 9.75. The van der Waals surface area contributed by atoms with Gasteiger partial charge in [-0.25, -0.2) is 0 Å². The van der Waals surface area contributed by atoms with Crippen LogP contribution >= 0.6 is 0 Å². The Morgan fingerprint density at radius 1 is 1.07 bits per heavy atom. The molecule has 0 aliphatic carbocycles. The normalized spacial score (nSPS) is 19.6. The van der Waals surface area contributed by atoms with E-state index < -0.39 is 5.97 Å². The van der Waals surface area contributed by atoms with Gasteiger partial charge < -0.3 is 19.6 Å². The largest absolute Gasteiger partial charge is 0.481 e. The van der Waals surface area contributed by atoms with E-state index in [9.17, 15) is 9.90 Å². The summed E-state index contributed by atoms with van der Waals surface area (Å²) in [6.07, 6.45) is 2.78. The molecule has 0 amide bonds. The summed E-state index contributed by atoms with van der Waals surface area (Å²) in [6.45, 7) is 4.36. The van der Waals surface area contributed by atoms with Gasteiger partial charge in [0, 0.05) is 25.2 Å². The van der Waals surface area contributed by atoms with Gasteiger partial charge in [0.05, 0.1) is 11.6 Å². The van der Waals surface area contributed by atoms with Crippen LogP contribution in [0.3, 0.4) is 0 Å². The Bertz CT molecular complexity index is 808. The van der Waals surface area contributed by atoms with Gasteiger partial charge in [0.15, 0.2) is 5.75 Å². The van der Waals surface area contributed by atoms with Crippen molar-refractivity contribution in [1.82, 2.24) is 4.90 Å². The van der Waals surface area contributed by atoms with E-state index in [1.807, 2.05) is 30.3 Å². The molecule has 2 aromatic carbocycles. The van der Waals surface area contributed by atoms with Crippen LogP contribution in [0.4, 0.5) is 5.69 Å². The van der Waals surface area contributed by atoms with Gasteiger partial charge in [-0.15, -0.1) is 0 Å². The molecule has 1 fully saturated rings. The van der Waals surface area contributed by atoms with Crippen LogP contribution in [0.5, 0.6) is 11.5 Å². The van der Waals surface area contributed by atoms with Crippen molar-refractivity contribution < 1.29 is 14.6 Å². The minimum atomic E-state index is -0.657. The van der Waals surface area contributed by atoms with Crippen LogP contribution in [0.1, 0.15) is 24.8 Å². The van der Waals surface area contributed by atoms with Crippen molar-refractivity contribution in [3.63, 3.8) is 0 Å². The molecule has 2 aromatic rings. The number of ether oxygens (including phenoxy) is 1. The third kappa shape index (κ3) is 4.08. The third-order valence-electron chi connectivity index (χ3n) is 5.52. The molecule has 2 aliphatic rings. The average molecular weight is 366 g/mol. The molecule has 1 saturated heterocycles. The molecule has 0 saturated carbocycles. The highest BCUT2D eigenvalue weighted by Crippen LogP contribution is 2.38. The summed E-state index contributed by atoms with van der Waals surface area (Å²) < 4.78 is 6.15. The molecule has 1 atom stereocenters. The van der Waals surface area contributed by atoms with Crippen LogP contribution in [0, 0.1) is 5.92 Å². The molecule has 0 radical (unpaired) electrons. The zero-order valence-corrected chi connectivity index (χ0v) is 15.5. The molecule has 0 aromatic heterocycles. The lowest BCUT2D eigenvalue weighted by atomic mass is 9.98. The summed E-state index contributed by atoms with van der Waals surface area (Å²) in [4.78, 5) is 15.9. The summed E-state index contributed by atoms with van der Waals surface area (Å²) in [5, 5.41) is 9.27. The molecule has 2 aliphatic heterocycles. The second-order valence-electron chi connectivity index (χ2n) is 7.43. The van der Waals surface area contributed by atoms with Crippen LogP contribution in [0.25, 0.3) is 0 Å². The maximum absolute atomic E-state index is 11.3. The fourth-order valence-electron chi connectivity index (χ4n) is 4.09. The van der Waals surface area contributed by atoms with E-state index in [0.717, 1.165) is 62.6 Å². The molecule has 4 rings (SSSR count). The number of anilines is 1. The lowest BCUT2D eigenvalue weighted by Gasteiger charge is -2.31.